The van der Waals surface area contributed by atoms with E-state index in [2.05, 4.69) is 0 Å². The van der Waals surface area contributed by atoms with Crippen LogP contribution < -0.4 is 14.4 Å². The Morgan fingerprint density at radius 3 is 2.15 bits per heavy atom. The first-order chi connectivity index (χ1) is 13.2. The number of carbonyl (C=O) groups is 1. The van der Waals surface area contributed by atoms with Gasteiger partial charge in [0.2, 0.25) is 5.91 Å². The molecular formula is C23H21NO3. The fraction of sp³-hybridized carbons (Fsp3) is 0.174. The Balaban J connectivity index is 1.87. The van der Waals surface area contributed by atoms with Crippen LogP contribution in [0.4, 0.5) is 5.69 Å². The van der Waals surface area contributed by atoms with Crippen LogP contribution in [-0.2, 0) is 11.3 Å². The third-order valence-electron chi connectivity index (χ3n) is 4.97. The highest BCUT2D eigenvalue weighted by Crippen LogP contribution is 2.50. The fourth-order valence-corrected chi connectivity index (χ4v) is 3.74. The molecule has 0 saturated carbocycles. The average molecular weight is 359 g/mol. The SMILES string of the molecule is COc1ccc2c(c1OC)C(c1ccccc1)C(=O)N2Cc1ccccc1. The summed E-state index contributed by atoms with van der Waals surface area (Å²) in [6, 6.07) is 23.6. The van der Waals surface area contributed by atoms with Gasteiger partial charge in [0.15, 0.2) is 11.5 Å². The van der Waals surface area contributed by atoms with Crippen molar-refractivity contribution in [2.24, 2.45) is 0 Å². The smallest absolute Gasteiger partial charge is 0.239 e. The Morgan fingerprint density at radius 2 is 1.52 bits per heavy atom. The van der Waals surface area contributed by atoms with Gasteiger partial charge in [-0.1, -0.05) is 60.7 Å². The Morgan fingerprint density at radius 1 is 0.852 bits per heavy atom. The number of carbonyl (C=O) groups excluding carboxylic acids is 1. The number of nitrogens with zero attached hydrogens (tertiary/aromatic N) is 1. The van der Waals surface area contributed by atoms with E-state index in [4.69, 9.17) is 9.47 Å². The molecule has 0 fully saturated rings. The summed E-state index contributed by atoms with van der Waals surface area (Å²) in [5.74, 6) is 0.890. The van der Waals surface area contributed by atoms with E-state index in [9.17, 15) is 4.79 Å². The van der Waals surface area contributed by atoms with Crippen LogP contribution in [0.15, 0.2) is 72.8 Å². The van der Waals surface area contributed by atoms with Crippen molar-refractivity contribution in [3.8, 4) is 11.5 Å². The van der Waals surface area contributed by atoms with Gasteiger partial charge < -0.3 is 14.4 Å². The molecule has 0 aliphatic carbocycles. The van der Waals surface area contributed by atoms with Gasteiger partial charge in [-0.25, -0.2) is 0 Å². The molecule has 0 radical (unpaired) electrons. The van der Waals surface area contributed by atoms with E-state index in [1.165, 1.54) is 0 Å². The van der Waals surface area contributed by atoms with Gasteiger partial charge in [-0.15, -0.1) is 0 Å². The van der Waals surface area contributed by atoms with Crippen molar-refractivity contribution >= 4 is 11.6 Å². The summed E-state index contributed by atoms with van der Waals surface area (Å²) in [7, 11) is 3.23. The molecule has 3 aromatic rings. The molecular weight excluding hydrogens is 338 g/mol. The highest BCUT2D eigenvalue weighted by Gasteiger charge is 2.41. The lowest BCUT2D eigenvalue weighted by molar-refractivity contribution is -0.118. The predicted octanol–water partition coefficient (Wildman–Crippen LogP) is 4.38. The van der Waals surface area contributed by atoms with Gasteiger partial charge in [-0.3, -0.25) is 4.79 Å². The highest BCUT2D eigenvalue weighted by molar-refractivity contribution is 6.08. The second kappa shape index (κ2) is 7.16. The van der Waals surface area contributed by atoms with Crippen LogP contribution in [0, 0.1) is 0 Å². The molecule has 1 aliphatic heterocycles. The first-order valence-electron chi connectivity index (χ1n) is 8.89. The number of methoxy groups -OCH3 is 2. The summed E-state index contributed by atoms with van der Waals surface area (Å²) in [4.78, 5) is 15.3. The van der Waals surface area contributed by atoms with Crippen LogP contribution in [0.25, 0.3) is 0 Å². The molecule has 4 rings (SSSR count). The number of ether oxygens (including phenoxy) is 2. The zero-order valence-electron chi connectivity index (χ0n) is 15.4. The van der Waals surface area contributed by atoms with Crippen molar-refractivity contribution in [1.82, 2.24) is 0 Å². The van der Waals surface area contributed by atoms with E-state index in [0.29, 0.717) is 18.0 Å². The Hall–Kier alpha value is -3.27. The summed E-state index contributed by atoms with van der Waals surface area (Å²) >= 11 is 0. The van der Waals surface area contributed by atoms with Crippen molar-refractivity contribution in [1.29, 1.82) is 0 Å². The molecule has 27 heavy (non-hydrogen) atoms. The molecule has 136 valence electrons. The summed E-state index contributed by atoms with van der Waals surface area (Å²) < 4.78 is 11.2. The molecule has 1 heterocycles. The molecule has 1 amide bonds. The van der Waals surface area contributed by atoms with Crippen molar-refractivity contribution in [2.75, 3.05) is 19.1 Å². The third-order valence-corrected chi connectivity index (χ3v) is 4.97. The van der Waals surface area contributed by atoms with Gasteiger partial charge in [-0.2, -0.15) is 0 Å². The zero-order valence-corrected chi connectivity index (χ0v) is 15.4. The van der Waals surface area contributed by atoms with Crippen molar-refractivity contribution in [2.45, 2.75) is 12.5 Å². The molecule has 0 spiro atoms. The van der Waals surface area contributed by atoms with Crippen LogP contribution >= 0.6 is 0 Å². The standard InChI is InChI=1S/C23H21NO3/c1-26-19-14-13-18-21(22(19)27-2)20(17-11-7-4-8-12-17)23(25)24(18)15-16-9-5-3-6-10-16/h3-14,20H,15H2,1-2H3. The lowest BCUT2D eigenvalue weighted by Crippen LogP contribution is -2.28. The summed E-state index contributed by atoms with van der Waals surface area (Å²) in [6.45, 7) is 0.519. The number of hydrogen-bond donors (Lipinski definition) is 0. The molecule has 1 atom stereocenters. The van der Waals surface area contributed by atoms with Gasteiger partial charge in [0.1, 0.15) is 0 Å². The van der Waals surface area contributed by atoms with Crippen LogP contribution in [0.1, 0.15) is 22.6 Å². The molecule has 4 nitrogen and oxygen atoms in total. The van der Waals surface area contributed by atoms with E-state index < -0.39 is 5.92 Å². The molecule has 4 heteroatoms. The number of benzene rings is 3. The lowest BCUT2D eigenvalue weighted by atomic mass is 9.91. The van der Waals surface area contributed by atoms with Crippen LogP contribution in [-0.4, -0.2) is 20.1 Å². The summed E-state index contributed by atoms with van der Waals surface area (Å²) in [6.07, 6.45) is 0. The van der Waals surface area contributed by atoms with E-state index in [1.807, 2.05) is 77.7 Å². The van der Waals surface area contributed by atoms with Crippen molar-refractivity contribution in [3.63, 3.8) is 0 Å². The predicted molar refractivity (Wildman–Crippen MR) is 105 cm³/mol. The van der Waals surface area contributed by atoms with Gasteiger partial charge >= 0.3 is 0 Å². The maximum Gasteiger partial charge on any atom is 0.239 e. The van der Waals surface area contributed by atoms with Gasteiger partial charge in [0.25, 0.3) is 0 Å². The lowest BCUT2D eigenvalue weighted by Gasteiger charge is -2.18. The molecule has 0 bridgehead atoms. The quantitative estimate of drug-likeness (QED) is 0.678. The van der Waals surface area contributed by atoms with E-state index in [1.54, 1.807) is 14.2 Å². The summed E-state index contributed by atoms with van der Waals surface area (Å²) in [5, 5.41) is 0. The minimum absolute atomic E-state index is 0.0478. The van der Waals surface area contributed by atoms with Crippen molar-refractivity contribution < 1.29 is 14.3 Å². The second-order valence-electron chi connectivity index (χ2n) is 6.49. The monoisotopic (exact) mass is 359 g/mol. The molecule has 0 N–H and O–H groups in total. The largest absolute Gasteiger partial charge is 0.493 e. The van der Waals surface area contributed by atoms with Crippen molar-refractivity contribution in [3.05, 3.63) is 89.5 Å². The van der Waals surface area contributed by atoms with Crippen LogP contribution in [0.2, 0.25) is 0 Å². The van der Waals surface area contributed by atoms with Gasteiger partial charge in [0.05, 0.1) is 32.4 Å². The minimum Gasteiger partial charge on any atom is -0.493 e. The topological polar surface area (TPSA) is 38.8 Å². The molecule has 0 aromatic heterocycles. The number of hydrogen-bond acceptors (Lipinski definition) is 3. The first kappa shape index (κ1) is 17.2. The number of amides is 1. The second-order valence-corrected chi connectivity index (χ2v) is 6.49. The Labute approximate surface area is 159 Å². The van der Waals surface area contributed by atoms with Crippen LogP contribution in [0.3, 0.4) is 0 Å². The van der Waals surface area contributed by atoms with E-state index in [0.717, 1.165) is 22.4 Å². The minimum atomic E-state index is -0.407. The Bertz CT molecular complexity index is 954. The van der Waals surface area contributed by atoms with E-state index in [-0.39, 0.29) is 5.91 Å². The van der Waals surface area contributed by atoms with E-state index >= 15 is 0 Å². The normalized spacial score (nSPS) is 15.6. The van der Waals surface area contributed by atoms with Crippen LogP contribution in [0.5, 0.6) is 11.5 Å². The highest BCUT2D eigenvalue weighted by atomic mass is 16.5. The fourth-order valence-electron chi connectivity index (χ4n) is 3.74. The summed E-state index contributed by atoms with van der Waals surface area (Å²) in [5.41, 5.74) is 3.77. The number of anilines is 1. The molecule has 3 aromatic carbocycles. The molecule has 1 aliphatic rings. The number of fused-ring (bicyclic) bond motifs is 1. The maximum atomic E-state index is 13.5. The zero-order chi connectivity index (χ0) is 18.8. The third kappa shape index (κ3) is 2.93. The van der Waals surface area contributed by atoms with Gasteiger partial charge in [0, 0.05) is 5.56 Å². The van der Waals surface area contributed by atoms with Gasteiger partial charge in [-0.05, 0) is 23.3 Å². The molecule has 0 saturated heterocycles. The maximum absolute atomic E-state index is 13.5. The first-order valence-corrected chi connectivity index (χ1v) is 8.89. The number of rotatable bonds is 5. The average Bonchev–Trinajstić information content (AvgIpc) is 3.00. The Kier molecular flexibility index (Phi) is 4.55. The molecule has 1 unspecified atom stereocenters.